The molecule has 100 valence electrons. The van der Waals surface area contributed by atoms with Gasteiger partial charge < -0.3 is 4.74 Å². The normalized spacial score (nSPS) is 10.6. The number of para-hydroxylation sites is 1. The van der Waals surface area contributed by atoms with E-state index in [0.717, 1.165) is 16.6 Å². The topological polar surface area (TPSA) is 48.3 Å². The molecule has 0 atom stereocenters. The second-order valence-electron chi connectivity index (χ2n) is 4.35. The smallest absolute Gasteiger partial charge is 0.306 e. The second kappa shape index (κ2) is 5.69. The number of benzene rings is 1. The zero-order valence-corrected chi connectivity index (χ0v) is 11.2. The van der Waals surface area contributed by atoms with Gasteiger partial charge in [-0.1, -0.05) is 18.2 Å². The second-order valence-corrected chi connectivity index (χ2v) is 4.35. The summed E-state index contributed by atoms with van der Waals surface area (Å²) in [6, 6.07) is 9.65. The largest absolute Gasteiger partial charge is 0.466 e. The highest BCUT2D eigenvalue weighted by molar-refractivity contribution is 5.92. The molecule has 0 N–H and O–H groups in total. The van der Waals surface area contributed by atoms with Gasteiger partial charge >= 0.3 is 5.97 Å². The summed E-state index contributed by atoms with van der Waals surface area (Å²) in [5, 5.41) is 1.01. The summed E-state index contributed by atoms with van der Waals surface area (Å²) < 4.78 is 6.57. The molecule has 0 aliphatic heterocycles. The minimum Gasteiger partial charge on any atom is -0.466 e. The van der Waals surface area contributed by atoms with E-state index >= 15 is 0 Å². The van der Waals surface area contributed by atoms with Gasteiger partial charge in [0.05, 0.1) is 18.5 Å². The van der Waals surface area contributed by atoms with Crippen molar-refractivity contribution in [3.05, 3.63) is 36.0 Å². The molecule has 4 nitrogen and oxygen atoms in total. The summed E-state index contributed by atoms with van der Waals surface area (Å²) in [6.45, 7) is 3.69. The Kier molecular flexibility index (Phi) is 4.00. The highest BCUT2D eigenvalue weighted by Crippen LogP contribution is 2.20. The van der Waals surface area contributed by atoms with E-state index in [9.17, 15) is 9.59 Å². The van der Waals surface area contributed by atoms with Crippen LogP contribution in [-0.4, -0.2) is 23.1 Å². The molecular formula is C15H17NO3. The van der Waals surface area contributed by atoms with Gasteiger partial charge in [-0.25, -0.2) is 0 Å². The van der Waals surface area contributed by atoms with Crippen LogP contribution in [0.4, 0.5) is 0 Å². The van der Waals surface area contributed by atoms with Crippen molar-refractivity contribution >= 4 is 22.8 Å². The number of nitrogens with zero attached hydrogens (tertiary/aromatic N) is 1. The third kappa shape index (κ3) is 2.84. The Morgan fingerprint density at radius 1 is 1.26 bits per heavy atom. The molecule has 1 aromatic heterocycles. The molecule has 0 spiro atoms. The molecule has 0 saturated carbocycles. The Hall–Kier alpha value is -2.10. The number of hydrogen-bond acceptors (Lipinski definition) is 3. The molecule has 0 radical (unpaired) electrons. The third-order valence-electron chi connectivity index (χ3n) is 2.99. The molecular weight excluding hydrogens is 242 g/mol. The van der Waals surface area contributed by atoms with Crippen molar-refractivity contribution in [2.24, 2.45) is 0 Å². The molecule has 2 rings (SSSR count). The molecule has 19 heavy (non-hydrogen) atoms. The number of aryl methyl sites for hydroxylation is 1. The van der Waals surface area contributed by atoms with E-state index in [1.165, 1.54) is 6.92 Å². The van der Waals surface area contributed by atoms with Crippen molar-refractivity contribution in [2.75, 3.05) is 6.61 Å². The first-order chi connectivity index (χ1) is 9.13. The van der Waals surface area contributed by atoms with E-state index in [1.807, 2.05) is 30.3 Å². The molecule has 1 heterocycles. The monoisotopic (exact) mass is 259 g/mol. The molecule has 0 amide bonds. The fourth-order valence-electron chi connectivity index (χ4n) is 2.23. The quantitative estimate of drug-likeness (QED) is 0.793. The molecule has 0 fully saturated rings. The fourth-order valence-corrected chi connectivity index (χ4v) is 2.23. The number of ether oxygens (including phenoxy) is 1. The van der Waals surface area contributed by atoms with Crippen molar-refractivity contribution in [2.45, 2.75) is 26.7 Å². The maximum atomic E-state index is 11.8. The van der Waals surface area contributed by atoms with E-state index in [4.69, 9.17) is 4.74 Å². The van der Waals surface area contributed by atoms with Gasteiger partial charge in [0, 0.05) is 18.0 Å². The Morgan fingerprint density at radius 2 is 2.00 bits per heavy atom. The maximum absolute atomic E-state index is 11.8. The molecule has 0 saturated heterocycles. The SMILES string of the molecule is CCOC(=O)CCc1cc2ccccc2n1C(C)=O. The average Bonchev–Trinajstić information content (AvgIpc) is 2.75. The summed E-state index contributed by atoms with van der Waals surface area (Å²) in [7, 11) is 0. The van der Waals surface area contributed by atoms with Gasteiger partial charge in [0.1, 0.15) is 0 Å². The molecule has 1 aromatic carbocycles. The zero-order valence-electron chi connectivity index (χ0n) is 11.2. The predicted molar refractivity (Wildman–Crippen MR) is 73.2 cm³/mol. The van der Waals surface area contributed by atoms with Gasteiger partial charge in [-0.05, 0) is 25.5 Å². The van der Waals surface area contributed by atoms with Crippen molar-refractivity contribution in [3.8, 4) is 0 Å². The van der Waals surface area contributed by atoms with Gasteiger partial charge in [-0.15, -0.1) is 0 Å². The lowest BCUT2D eigenvalue weighted by atomic mass is 10.2. The molecule has 0 bridgehead atoms. The van der Waals surface area contributed by atoms with Crippen LogP contribution in [0.3, 0.4) is 0 Å². The van der Waals surface area contributed by atoms with Crippen LogP contribution in [0.1, 0.15) is 30.8 Å². The van der Waals surface area contributed by atoms with E-state index < -0.39 is 0 Å². The third-order valence-corrected chi connectivity index (χ3v) is 2.99. The van der Waals surface area contributed by atoms with Crippen LogP contribution in [0, 0.1) is 0 Å². The van der Waals surface area contributed by atoms with Crippen LogP contribution >= 0.6 is 0 Å². The number of carbonyl (C=O) groups excluding carboxylic acids is 2. The van der Waals surface area contributed by atoms with Crippen molar-refractivity contribution in [1.29, 1.82) is 0 Å². The predicted octanol–water partition coefficient (Wildman–Crippen LogP) is 2.80. The lowest BCUT2D eigenvalue weighted by Gasteiger charge is -2.06. The van der Waals surface area contributed by atoms with E-state index in [2.05, 4.69) is 0 Å². The first-order valence-corrected chi connectivity index (χ1v) is 6.39. The Labute approximate surface area is 112 Å². The molecule has 4 heteroatoms. The van der Waals surface area contributed by atoms with Crippen LogP contribution in [-0.2, 0) is 16.0 Å². The van der Waals surface area contributed by atoms with Crippen molar-refractivity contribution in [3.63, 3.8) is 0 Å². The van der Waals surface area contributed by atoms with Crippen molar-refractivity contribution in [1.82, 2.24) is 4.57 Å². The zero-order chi connectivity index (χ0) is 13.8. The lowest BCUT2D eigenvalue weighted by molar-refractivity contribution is -0.143. The Morgan fingerprint density at radius 3 is 2.68 bits per heavy atom. The van der Waals surface area contributed by atoms with E-state index in [-0.39, 0.29) is 18.3 Å². The summed E-state index contributed by atoms with van der Waals surface area (Å²) in [5.74, 6) is -0.275. The van der Waals surface area contributed by atoms with Crippen LogP contribution in [0.2, 0.25) is 0 Å². The number of rotatable bonds is 4. The molecule has 0 aliphatic carbocycles. The minimum absolute atomic E-state index is 0.0416. The first-order valence-electron chi connectivity index (χ1n) is 6.39. The molecule has 0 unspecified atom stereocenters. The standard InChI is InChI=1S/C15H17NO3/c1-3-19-15(18)9-8-13-10-12-6-4-5-7-14(12)16(13)11(2)17/h4-7,10H,3,8-9H2,1-2H3. The molecule has 2 aromatic rings. The van der Waals surface area contributed by atoms with E-state index in [1.54, 1.807) is 11.5 Å². The van der Waals surface area contributed by atoms with E-state index in [0.29, 0.717) is 13.0 Å². The van der Waals surface area contributed by atoms with Crippen LogP contribution in [0.5, 0.6) is 0 Å². The van der Waals surface area contributed by atoms with Crippen LogP contribution < -0.4 is 0 Å². The number of carbonyl (C=O) groups is 2. The molecule has 0 aliphatic rings. The number of esters is 1. The van der Waals surface area contributed by atoms with Gasteiger partial charge in [0.25, 0.3) is 0 Å². The highest BCUT2D eigenvalue weighted by atomic mass is 16.5. The van der Waals surface area contributed by atoms with Gasteiger partial charge in [0.15, 0.2) is 0 Å². The lowest BCUT2D eigenvalue weighted by Crippen LogP contribution is -2.12. The number of aromatic nitrogens is 1. The first kappa shape index (κ1) is 13.3. The summed E-state index contributed by atoms with van der Waals surface area (Å²) >= 11 is 0. The number of fused-ring (bicyclic) bond motifs is 1. The Bertz CT molecular complexity index is 613. The van der Waals surface area contributed by atoms with Crippen LogP contribution in [0.15, 0.2) is 30.3 Å². The maximum Gasteiger partial charge on any atom is 0.306 e. The fraction of sp³-hybridized carbons (Fsp3) is 0.333. The van der Waals surface area contributed by atoms with Gasteiger partial charge in [0.2, 0.25) is 5.91 Å². The summed E-state index contributed by atoms with van der Waals surface area (Å²) in [6.07, 6.45) is 0.796. The summed E-state index contributed by atoms with van der Waals surface area (Å²) in [5.41, 5.74) is 1.73. The van der Waals surface area contributed by atoms with Gasteiger partial charge in [-0.2, -0.15) is 0 Å². The van der Waals surface area contributed by atoms with Gasteiger partial charge in [-0.3, -0.25) is 14.2 Å². The minimum atomic E-state index is -0.233. The van der Waals surface area contributed by atoms with Crippen molar-refractivity contribution < 1.29 is 14.3 Å². The number of hydrogen-bond donors (Lipinski definition) is 0. The van der Waals surface area contributed by atoms with Crippen LogP contribution in [0.25, 0.3) is 10.9 Å². The average molecular weight is 259 g/mol. The highest BCUT2D eigenvalue weighted by Gasteiger charge is 2.13. The Balaban J connectivity index is 2.29. The summed E-state index contributed by atoms with van der Waals surface area (Å²) in [4.78, 5) is 23.2.